The first-order valence-electron chi connectivity index (χ1n) is 6.43. The molecule has 0 radical (unpaired) electrons. The zero-order valence-corrected chi connectivity index (χ0v) is 12.1. The Morgan fingerprint density at radius 1 is 1.44 bits per heavy atom. The fourth-order valence-electron chi connectivity index (χ4n) is 2.26. The van der Waals surface area contributed by atoms with Gasteiger partial charge in [0.25, 0.3) is 0 Å². The van der Waals surface area contributed by atoms with Gasteiger partial charge in [0.1, 0.15) is 0 Å². The zero-order chi connectivity index (χ0) is 13.5. The molecule has 0 aliphatic heterocycles. The topological polar surface area (TPSA) is 48.3 Å². The molecular weight excluding hydrogens is 230 g/mol. The maximum Gasteiger partial charge on any atom is 0.161 e. The third-order valence-electron chi connectivity index (χ3n) is 3.13. The van der Waals surface area contributed by atoms with Crippen LogP contribution < -0.4 is 10.1 Å². The molecule has 0 aliphatic rings. The van der Waals surface area contributed by atoms with Crippen LogP contribution in [0.15, 0.2) is 6.20 Å². The summed E-state index contributed by atoms with van der Waals surface area (Å²) in [5.41, 5.74) is 1.12. The first-order chi connectivity index (χ1) is 8.67. The van der Waals surface area contributed by atoms with Gasteiger partial charge in [-0.15, -0.1) is 0 Å². The summed E-state index contributed by atoms with van der Waals surface area (Å²) in [5, 5.41) is 7.69. The lowest BCUT2D eigenvalue weighted by molar-refractivity contribution is 0.149. The SMILES string of the molecule is CCn1ncc(OC)c1C(CC(C)COC)NC. The molecule has 0 fully saturated rings. The Labute approximate surface area is 109 Å². The highest BCUT2D eigenvalue weighted by atomic mass is 16.5. The van der Waals surface area contributed by atoms with E-state index in [9.17, 15) is 0 Å². The Bertz CT molecular complexity index is 331. The van der Waals surface area contributed by atoms with Crippen molar-refractivity contribution in [2.24, 2.45) is 5.92 Å². The molecule has 5 heteroatoms. The summed E-state index contributed by atoms with van der Waals surface area (Å²) >= 11 is 0. The number of hydrogen-bond donors (Lipinski definition) is 1. The molecule has 0 aliphatic carbocycles. The summed E-state index contributed by atoms with van der Waals surface area (Å²) in [6.07, 6.45) is 2.77. The molecule has 1 N–H and O–H groups in total. The largest absolute Gasteiger partial charge is 0.493 e. The summed E-state index contributed by atoms with van der Waals surface area (Å²) in [5.74, 6) is 1.33. The van der Waals surface area contributed by atoms with Crippen molar-refractivity contribution in [3.8, 4) is 5.75 Å². The standard InChI is InChI=1S/C13H25N3O2/c1-6-16-13(12(18-5)8-15-16)11(14-3)7-10(2)9-17-4/h8,10-11,14H,6-7,9H2,1-5H3. The van der Waals surface area contributed by atoms with E-state index in [2.05, 4.69) is 24.3 Å². The maximum atomic E-state index is 5.40. The van der Waals surface area contributed by atoms with Gasteiger partial charge in [-0.05, 0) is 26.3 Å². The molecule has 104 valence electrons. The van der Waals surface area contributed by atoms with Crippen molar-refractivity contribution in [3.63, 3.8) is 0 Å². The summed E-state index contributed by atoms with van der Waals surface area (Å²) in [6, 6.07) is 0.229. The van der Waals surface area contributed by atoms with Crippen molar-refractivity contribution >= 4 is 0 Å². The lowest BCUT2D eigenvalue weighted by Gasteiger charge is -2.22. The Kier molecular flexibility index (Phi) is 6.15. The van der Waals surface area contributed by atoms with Crippen molar-refractivity contribution in [3.05, 3.63) is 11.9 Å². The van der Waals surface area contributed by atoms with Crippen molar-refractivity contribution in [2.75, 3.05) is 27.9 Å². The number of nitrogens with one attached hydrogen (secondary N) is 1. The number of rotatable bonds is 8. The molecule has 1 aromatic heterocycles. The number of ether oxygens (including phenoxy) is 2. The summed E-state index contributed by atoms with van der Waals surface area (Å²) in [4.78, 5) is 0. The first-order valence-corrected chi connectivity index (χ1v) is 6.43. The number of hydrogen-bond acceptors (Lipinski definition) is 4. The van der Waals surface area contributed by atoms with E-state index in [0.29, 0.717) is 5.92 Å². The number of aryl methyl sites for hydroxylation is 1. The summed E-state index contributed by atoms with van der Waals surface area (Å²) in [6.45, 7) is 5.88. The predicted octanol–water partition coefficient (Wildman–Crippen LogP) is 1.84. The fraction of sp³-hybridized carbons (Fsp3) is 0.769. The van der Waals surface area contributed by atoms with E-state index in [-0.39, 0.29) is 6.04 Å². The molecule has 0 bridgehead atoms. The van der Waals surface area contributed by atoms with Crippen molar-refractivity contribution in [1.29, 1.82) is 0 Å². The van der Waals surface area contributed by atoms with Gasteiger partial charge in [0.05, 0.1) is 25.0 Å². The minimum Gasteiger partial charge on any atom is -0.493 e. The minimum absolute atomic E-state index is 0.229. The second-order valence-electron chi connectivity index (χ2n) is 4.55. The Morgan fingerprint density at radius 3 is 2.67 bits per heavy atom. The quantitative estimate of drug-likeness (QED) is 0.770. The lowest BCUT2D eigenvalue weighted by Crippen LogP contribution is -2.24. The molecular formula is C13H25N3O2. The molecule has 2 unspecified atom stereocenters. The molecule has 5 nitrogen and oxygen atoms in total. The highest BCUT2D eigenvalue weighted by Gasteiger charge is 2.22. The Hall–Kier alpha value is -1.07. The average molecular weight is 255 g/mol. The van der Waals surface area contributed by atoms with E-state index < -0.39 is 0 Å². The van der Waals surface area contributed by atoms with Crippen LogP contribution in [0.2, 0.25) is 0 Å². The number of nitrogens with zero attached hydrogens (tertiary/aromatic N) is 2. The Morgan fingerprint density at radius 2 is 2.17 bits per heavy atom. The Balaban J connectivity index is 2.89. The van der Waals surface area contributed by atoms with Crippen LogP contribution >= 0.6 is 0 Å². The molecule has 1 aromatic rings. The second-order valence-corrected chi connectivity index (χ2v) is 4.55. The van der Waals surface area contributed by atoms with Crippen LogP contribution in [0.3, 0.4) is 0 Å². The van der Waals surface area contributed by atoms with Crippen molar-refractivity contribution < 1.29 is 9.47 Å². The van der Waals surface area contributed by atoms with E-state index >= 15 is 0 Å². The third-order valence-corrected chi connectivity index (χ3v) is 3.13. The highest BCUT2D eigenvalue weighted by molar-refractivity contribution is 5.28. The third kappa shape index (κ3) is 3.46. The molecule has 2 atom stereocenters. The normalized spacial score (nSPS) is 14.5. The molecule has 0 amide bonds. The molecule has 0 saturated heterocycles. The second kappa shape index (κ2) is 7.38. The molecule has 0 spiro atoms. The van der Waals surface area contributed by atoms with Gasteiger partial charge in [-0.1, -0.05) is 6.92 Å². The van der Waals surface area contributed by atoms with E-state index in [4.69, 9.17) is 9.47 Å². The van der Waals surface area contributed by atoms with Gasteiger partial charge in [-0.2, -0.15) is 5.10 Å². The maximum absolute atomic E-state index is 5.40. The van der Waals surface area contributed by atoms with Crippen LogP contribution in [0.1, 0.15) is 32.0 Å². The fourth-order valence-corrected chi connectivity index (χ4v) is 2.26. The van der Waals surface area contributed by atoms with Gasteiger partial charge in [0.2, 0.25) is 0 Å². The van der Waals surface area contributed by atoms with Gasteiger partial charge >= 0.3 is 0 Å². The molecule has 1 heterocycles. The monoisotopic (exact) mass is 255 g/mol. The van der Waals surface area contributed by atoms with E-state index in [1.165, 1.54) is 0 Å². The van der Waals surface area contributed by atoms with Crippen LogP contribution in [-0.2, 0) is 11.3 Å². The summed E-state index contributed by atoms with van der Waals surface area (Å²) in [7, 11) is 5.39. The predicted molar refractivity (Wildman–Crippen MR) is 71.9 cm³/mol. The van der Waals surface area contributed by atoms with Gasteiger partial charge in [0.15, 0.2) is 5.75 Å². The van der Waals surface area contributed by atoms with Gasteiger partial charge in [0, 0.05) is 20.3 Å². The van der Waals surface area contributed by atoms with Crippen LogP contribution in [0.4, 0.5) is 0 Å². The lowest BCUT2D eigenvalue weighted by atomic mass is 9.99. The molecule has 0 saturated carbocycles. The van der Waals surface area contributed by atoms with Crippen molar-refractivity contribution in [2.45, 2.75) is 32.9 Å². The van der Waals surface area contributed by atoms with E-state index in [1.807, 2.05) is 11.7 Å². The van der Waals surface area contributed by atoms with E-state index in [0.717, 1.165) is 31.0 Å². The van der Waals surface area contributed by atoms with Crippen LogP contribution in [0.25, 0.3) is 0 Å². The smallest absolute Gasteiger partial charge is 0.161 e. The van der Waals surface area contributed by atoms with Gasteiger partial charge < -0.3 is 14.8 Å². The molecule has 1 rings (SSSR count). The zero-order valence-electron chi connectivity index (χ0n) is 12.1. The van der Waals surface area contributed by atoms with Gasteiger partial charge in [-0.25, -0.2) is 0 Å². The first kappa shape index (κ1) is 15.0. The number of methoxy groups -OCH3 is 2. The highest BCUT2D eigenvalue weighted by Crippen LogP contribution is 2.29. The van der Waals surface area contributed by atoms with Crippen LogP contribution in [-0.4, -0.2) is 37.7 Å². The van der Waals surface area contributed by atoms with E-state index in [1.54, 1.807) is 20.4 Å². The summed E-state index contributed by atoms with van der Waals surface area (Å²) < 4.78 is 12.6. The van der Waals surface area contributed by atoms with Crippen molar-refractivity contribution in [1.82, 2.24) is 15.1 Å². The van der Waals surface area contributed by atoms with Crippen LogP contribution in [0.5, 0.6) is 5.75 Å². The molecule has 0 aromatic carbocycles. The number of aromatic nitrogens is 2. The molecule has 18 heavy (non-hydrogen) atoms. The van der Waals surface area contributed by atoms with Gasteiger partial charge in [-0.3, -0.25) is 4.68 Å². The minimum atomic E-state index is 0.229. The van der Waals surface area contributed by atoms with Crippen LogP contribution in [0, 0.1) is 5.92 Å². The average Bonchev–Trinajstić information content (AvgIpc) is 2.79.